The average molecular weight is 465 g/mol. The lowest BCUT2D eigenvalue weighted by Gasteiger charge is -2.09. The van der Waals surface area contributed by atoms with Crippen molar-refractivity contribution in [3.05, 3.63) is 81.5 Å². The maximum atomic E-state index is 12.5. The van der Waals surface area contributed by atoms with Crippen LogP contribution in [0.2, 0.25) is 0 Å². The van der Waals surface area contributed by atoms with Crippen molar-refractivity contribution >= 4 is 24.2 Å². The summed E-state index contributed by atoms with van der Waals surface area (Å²) >= 11 is 0. The van der Waals surface area contributed by atoms with Crippen LogP contribution in [0.15, 0.2) is 65.0 Å². The smallest absolute Gasteiger partial charge is 0.192 e. The normalized spacial score (nSPS) is 11.5. The van der Waals surface area contributed by atoms with Gasteiger partial charge in [-0.15, -0.1) is 0 Å². The summed E-state index contributed by atoms with van der Waals surface area (Å²) in [7, 11) is 4.45. The first kappa shape index (κ1) is 25.6. The van der Waals surface area contributed by atoms with Crippen LogP contribution in [0.5, 0.6) is 23.0 Å². The summed E-state index contributed by atoms with van der Waals surface area (Å²) in [5.41, 5.74) is 9.15. The molecule has 0 aliphatic rings. The van der Waals surface area contributed by atoms with Crippen molar-refractivity contribution in [1.29, 1.82) is 0 Å². The largest absolute Gasteiger partial charge is 0.507 e. The minimum atomic E-state index is -0.688. The lowest BCUT2D eigenvalue weighted by molar-refractivity contribution is -0.114. The first-order valence-electron chi connectivity index (χ1n) is 9.80. The van der Waals surface area contributed by atoms with Crippen molar-refractivity contribution in [3.8, 4) is 23.0 Å². The third-order valence-electron chi connectivity index (χ3n) is 4.46. The zero-order valence-electron chi connectivity index (χ0n) is 18.8. The topological polar surface area (TPSA) is 140 Å². The summed E-state index contributed by atoms with van der Waals surface area (Å²) in [6, 6.07) is 9.90. The fourth-order valence-electron chi connectivity index (χ4n) is 2.76. The second kappa shape index (κ2) is 13.0. The van der Waals surface area contributed by atoms with Gasteiger partial charge in [-0.1, -0.05) is 29.4 Å². The van der Waals surface area contributed by atoms with Gasteiger partial charge in [-0.25, -0.2) is 0 Å². The molecule has 0 fully saturated rings. The highest BCUT2D eigenvalue weighted by Crippen LogP contribution is 2.29. The zero-order chi connectivity index (χ0) is 24.9. The molecule has 176 valence electrons. The SMILES string of the molecule is COc1ccc(/C=C/C(O)=C(\C=O)C(=O)/C=C/c2ccc(OCN=[N+]=[N-])c(OC)c2)cc1OC. The molecule has 10 heteroatoms. The molecule has 0 saturated carbocycles. The maximum Gasteiger partial charge on any atom is 0.192 e. The summed E-state index contributed by atoms with van der Waals surface area (Å²) in [5, 5.41) is 13.6. The molecular formula is C24H23N3O7. The molecule has 0 aromatic heterocycles. The number of aldehydes is 1. The van der Waals surface area contributed by atoms with Crippen molar-refractivity contribution in [2.75, 3.05) is 28.1 Å². The fourth-order valence-corrected chi connectivity index (χ4v) is 2.76. The Morgan fingerprint density at radius 1 is 0.941 bits per heavy atom. The summed E-state index contributed by atoms with van der Waals surface area (Å²) in [4.78, 5) is 26.5. The monoisotopic (exact) mass is 465 g/mol. The van der Waals surface area contributed by atoms with Gasteiger partial charge in [0.2, 0.25) is 0 Å². The molecule has 0 bridgehead atoms. The number of nitrogens with zero attached hydrogens (tertiary/aromatic N) is 3. The third-order valence-corrected chi connectivity index (χ3v) is 4.46. The van der Waals surface area contributed by atoms with Crippen molar-refractivity contribution in [2.24, 2.45) is 5.11 Å². The van der Waals surface area contributed by atoms with E-state index in [0.717, 1.165) is 6.08 Å². The number of allylic oxidation sites excluding steroid dienone is 3. The highest BCUT2D eigenvalue weighted by Gasteiger charge is 2.11. The second-order valence-corrected chi connectivity index (χ2v) is 6.48. The summed E-state index contributed by atoms with van der Waals surface area (Å²) in [6.45, 7) is -0.204. The number of benzene rings is 2. The molecule has 2 aromatic carbocycles. The number of hydrogen-bond donors (Lipinski definition) is 1. The van der Waals surface area contributed by atoms with Crippen LogP contribution in [0.25, 0.3) is 22.6 Å². The predicted molar refractivity (Wildman–Crippen MR) is 126 cm³/mol. The Hall–Kier alpha value is -4.69. The van der Waals surface area contributed by atoms with Gasteiger partial charge >= 0.3 is 0 Å². The summed E-state index contributed by atoms with van der Waals surface area (Å²) < 4.78 is 20.9. The minimum Gasteiger partial charge on any atom is -0.507 e. The van der Waals surface area contributed by atoms with E-state index in [1.54, 1.807) is 36.4 Å². The van der Waals surface area contributed by atoms with Gasteiger partial charge in [-0.05, 0) is 53.1 Å². The third kappa shape index (κ3) is 6.91. The molecule has 10 nitrogen and oxygen atoms in total. The van der Waals surface area contributed by atoms with Crippen LogP contribution >= 0.6 is 0 Å². The van der Waals surface area contributed by atoms with E-state index in [2.05, 4.69) is 10.0 Å². The Morgan fingerprint density at radius 2 is 1.50 bits per heavy atom. The van der Waals surface area contributed by atoms with Gasteiger partial charge in [-0.3, -0.25) is 9.59 Å². The predicted octanol–water partition coefficient (Wildman–Crippen LogP) is 4.67. The van der Waals surface area contributed by atoms with Crippen molar-refractivity contribution < 1.29 is 33.6 Å². The number of hydrogen-bond acceptors (Lipinski definition) is 8. The van der Waals surface area contributed by atoms with Crippen molar-refractivity contribution in [1.82, 2.24) is 0 Å². The van der Waals surface area contributed by atoms with E-state index in [1.807, 2.05) is 0 Å². The molecule has 0 heterocycles. The van der Waals surface area contributed by atoms with Crippen LogP contribution in [0, 0.1) is 0 Å². The van der Waals surface area contributed by atoms with E-state index in [-0.39, 0.29) is 13.0 Å². The highest BCUT2D eigenvalue weighted by molar-refractivity contribution is 6.19. The average Bonchev–Trinajstić information content (AvgIpc) is 2.86. The molecule has 0 aliphatic carbocycles. The molecule has 0 radical (unpaired) electrons. The number of methoxy groups -OCH3 is 3. The standard InChI is InChI=1S/C24H23N3O7/c1-31-21-10-6-16(12-23(21)32-2)4-8-19(29)18(14-28)20(30)9-5-17-7-11-22(24(13-17)33-3)34-15-26-27-25/h4-14,29H,15H2,1-3H3/b8-4+,9-5+,19-18-. The van der Waals surface area contributed by atoms with E-state index in [9.17, 15) is 14.7 Å². The zero-order valence-corrected chi connectivity index (χ0v) is 18.8. The first-order chi connectivity index (χ1) is 16.5. The van der Waals surface area contributed by atoms with Gasteiger partial charge in [0.05, 0.1) is 21.3 Å². The Morgan fingerprint density at radius 3 is 2.06 bits per heavy atom. The van der Waals surface area contributed by atoms with Gasteiger partial charge in [0, 0.05) is 4.91 Å². The fraction of sp³-hybridized carbons (Fsp3) is 0.167. The van der Waals surface area contributed by atoms with Crippen molar-refractivity contribution in [3.63, 3.8) is 0 Å². The van der Waals surface area contributed by atoms with Crippen LogP contribution in [-0.2, 0) is 9.59 Å². The molecule has 0 saturated heterocycles. The Balaban J connectivity index is 2.20. The molecule has 2 aromatic rings. The van der Waals surface area contributed by atoms with E-state index in [1.165, 1.54) is 39.6 Å². The molecule has 1 N–H and O–H groups in total. The highest BCUT2D eigenvalue weighted by atomic mass is 16.5. The number of rotatable bonds is 12. The minimum absolute atomic E-state index is 0.204. The molecule has 2 rings (SSSR count). The van der Waals surface area contributed by atoms with Gasteiger partial charge in [0.1, 0.15) is 11.3 Å². The number of azide groups is 1. The lowest BCUT2D eigenvalue weighted by atomic mass is 10.1. The van der Waals surface area contributed by atoms with Gasteiger partial charge in [0.25, 0.3) is 0 Å². The second-order valence-electron chi connectivity index (χ2n) is 6.48. The Kier molecular flexibility index (Phi) is 9.77. The Bertz CT molecular complexity index is 1180. The van der Waals surface area contributed by atoms with E-state index in [4.69, 9.17) is 24.5 Å². The molecule has 34 heavy (non-hydrogen) atoms. The number of carbonyl (C=O) groups is 2. The van der Waals surface area contributed by atoms with Crippen LogP contribution in [0.3, 0.4) is 0 Å². The number of aliphatic hydroxyl groups excluding tert-OH is 1. The molecule has 0 unspecified atom stereocenters. The number of ketones is 1. The lowest BCUT2D eigenvalue weighted by Crippen LogP contribution is -2.03. The molecule has 0 atom stereocenters. The first-order valence-corrected chi connectivity index (χ1v) is 9.80. The van der Waals surface area contributed by atoms with Crippen LogP contribution < -0.4 is 18.9 Å². The summed E-state index contributed by atoms with van der Waals surface area (Å²) in [6.07, 6.45) is 5.66. The quantitative estimate of drug-likeness (QED) is 0.0553. The molecule has 0 amide bonds. The molecule has 0 spiro atoms. The van der Waals surface area contributed by atoms with Gasteiger partial charge < -0.3 is 24.1 Å². The number of aliphatic hydroxyl groups is 1. The summed E-state index contributed by atoms with van der Waals surface area (Å²) in [5.74, 6) is 0.567. The van der Waals surface area contributed by atoms with E-state index >= 15 is 0 Å². The van der Waals surface area contributed by atoms with Crippen LogP contribution in [0.4, 0.5) is 0 Å². The molecule has 0 aliphatic heterocycles. The van der Waals surface area contributed by atoms with E-state index in [0.29, 0.717) is 34.1 Å². The van der Waals surface area contributed by atoms with Crippen LogP contribution in [0.1, 0.15) is 11.1 Å². The van der Waals surface area contributed by atoms with Gasteiger partial charge in [0.15, 0.2) is 41.8 Å². The number of carbonyl (C=O) groups excluding carboxylic acids is 2. The van der Waals surface area contributed by atoms with Gasteiger partial charge in [-0.2, -0.15) is 0 Å². The maximum absolute atomic E-state index is 12.5. The Labute approximate surface area is 196 Å². The van der Waals surface area contributed by atoms with Crippen LogP contribution in [-0.4, -0.2) is 45.2 Å². The molecular weight excluding hydrogens is 442 g/mol. The number of ether oxygens (including phenoxy) is 4. The van der Waals surface area contributed by atoms with E-state index < -0.39 is 17.1 Å². The van der Waals surface area contributed by atoms with Crippen molar-refractivity contribution in [2.45, 2.75) is 0 Å².